The molecule has 0 saturated heterocycles. The van der Waals surface area contributed by atoms with E-state index in [2.05, 4.69) is 194 Å². The molecule has 1 aliphatic heterocycles. The third-order valence-corrected chi connectivity index (χ3v) is 15.3. The lowest BCUT2D eigenvalue weighted by atomic mass is 9.88. The standard InChI is InChI=1S/C65H50N6OS/c1-40-28-41(2)62(42(3)29-40)48-33-52(36-54(34-48)72-53-24-25-55-59(37-53)71(61-35-49(26-27-68-61)65(4,5)6)63-56-12-8-11-15-60(56)73-64(55)63)70-39-69(57-13-9-10-14-58(57)70)51-31-46(44-18-16-43(38-66)17-19-44)30-47(32-51)45-20-22-50(67-7)23-21-45/h8-37H,39H2,1-6H3. The van der Waals surface area contributed by atoms with E-state index in [1.54, 1.807) is 0 Å². The van der Waals surface area contributed by atoms with Crippen LogP contribution in [0.5, 0.6) is 11.5 Å². The molecule has 0 N–H and O–H groups in total. The molecular weight excluding hydrogens is 913 g/mol. The molecule has 73 heavy (non-hydrogen) atoms. The average molecular weight is 963 g/mol. The van der Waals surface area contributed by atoms with Crippen LogP contribution in [0.3, 0.4) is 0 Å². The van der Waals surface area contributed by atoms with Gasteiger partial charge in [-0.15, -0.1) is 11.3 Å². The Labute approximate surface area is 429 Å². The third kappa shape index (κ3) is 8.13. The molecule has 12 rings (SSSR count). The number of aryl methyl sites for hydroxylation is 3. The summed E-state index contributed by atoms with van der Waals surface area (Å²) in [5, 5.41) is 12.0. The topological polar surface area (TPSA) is 61.7 Å². The first-order valence-electron chi connectivity index (χ1n) is 24.5. The lowest BCUT2D eigenvalue weighted by molar-refractivity contribution is 0.483. The molecule has 0 saturated carbocycles. The minimum absolute atomic E-state index is 0.0549. The van der Waals surface area contributed by atoms with Gasteiger partial charge in [0.05, 0.1) is 45.3 Å². The number of hydrogen-bond acceptors (Lipinski definition) is 6. The molecule has 4 heterocycles. The Kier molecular flexibility index (Phi) is 11.0. The van der Waals surface area contributed by atoms with Crippen molar-refractivity contribution in [3.8, 4) is 56.8 Å². The van der Waals surface area contributed by atoms with Gasteiger partial charge in [0.1, 0.15) is 24.0 Å². The minimum Gasteiger partial charge on any atom is -0.457 e. The molecule has 0 atom stereocenters. The highest BCUT2D eigenvalue weighted by Gasteiger charge is 2.30. The Morgan fingerprint density at radius 1 is 0.630 bits per heavy atom. The van der Waals surface area contributed by atoms with Crippen molar-refractivity contribution >= 4 is 71.0 Å². The number of aromatic nitrogens is 2. The van der Waals surface area contributed by atoms with Crippen molar-refractivity contribution in [1.29, 1.82) is 5.26 Å². The second-order valence-corrected chi connectivity index (χ2v) is 21.2. The first-order valence-corrected chi connectivity index (χ1v) is 25.3. The van der Waals surface area contributed by atoms with Gasteiger partial charge in [-0.2, -0.15) is 5.26 Å². The molecule has 8 aromatic carbocycles. The van der Waals surface area contributed by atoms with Gasteiger partial charge in [0.2, 0.25) is 0 Å². The number of ether oxygens (including phenoxy) is 1. The van der Waals surface area contributed by atoms with E-state index in [1.807, 2.05) is 66.1 Å². The smallest absolute Gasteiger partial charge is 0.187 e. The van der Waals surface area contributed by atoms with E-state index in [4.69, 9.17) is 16.3 Å². The van der Waals surface area contributed by atoms with Crippen LogP contribution in [0.15, 0.2) is 182 Å². The van der Waals surface area contributed by atoms with Crippen LogP contribution in [-0.4, -0.2) is 16.2 Å². The molecule has 1 aliphatic rings. The van der Waals surface area contributed by atoms with Crippen LogP contribution >= 0.6 is 11.3 Å². The van der Waals surface area contributed by atoms with E-state index in [9.17, 15) is 5.26 Å². The molecule has 8 heteroatoms. The fourth-order valence-corrected chi connectivity index (χ4v) is 11.9. The Hall–Kier alpha value is -8.95. The first kappa shape index (κ1) is 45.2. The summed E-state index contributed by atoms with van der Waals surface area (Å²) in [4.78, 5) is 13.4. The summed E-state index contributed by atoms with van der Waals surface area (Å²) in [6.07, 6.45) is 1.93. The molecular formula is C65H50N6OS. The van der Waals surface area contributed by atoms with Crippen molar-refractivity contribution < 1.29 is 4.74 Å². The van der Waals surface area contributed by atoms with E-state index in [0.29, 0.717) is 17.9 Å². The average Bonchev–Trinajstić information content (AvgIpc) is 4.07. The van der Waals surface area contributed by atoms with Gasteiger partial charge < -0.3 is 14.5 Å². The largest absolute Gasteiger partial charge is 0.457 e. The lowest BCUT2D eigenvalue weighted by Crippen LogP contribution is -2.24. The molecule has 7 nitrogen and oxygen atoms in total. The van der Waals surface area contributed by atoms with Gasteiger partial charge in [0.15, 0.2) is 5.69 Å². The zero-order valence-electron chi connectivity index (χ0n) is 41.5. The van der Waals surface area contributed by atoms with E-state index in [0.717, 1.165) is 84.3 Å². The van der Waals surface area contributed by atoms with Crippen LogP contribution in [-0.2, 0) is 5.41 Å². The molecule has 0 aliphatic carbocycles. The molecule has 0 fully saturated rings. The number of nitrogens with zero attached hydrogens (tertiary/aromatic N) is 6. The van der Waals surface area contributed by atoms with Crippen LogP contribution in [0.1, 0.15) is 48.6 Å². The predicted octanol–water partition coefficient (Wildman–Crippen LogP) is 18.1. The van der Waals surface area contributed by atoms with Gasteiger partial charge >= 0.3 is 0 Å². The van der Waals surface area contributed by atoms with Gasteiger partial charge in [-0.1, -0.05) is 105 Å². The fraction of sp³-hybridized carbons (Fsp3) is 0.123. The summed E-state index contributed by atoms with van der Waals surface area (Å²) in [7, 11) is 0. The van der Waals surface area contributed by atoms with E-state index < -0.39 is 0 Å². The van der Waals surface area contributed by atoms with Crippen molar-refractivity contribution in [1.82, 2.24) is 9.55 Å². The van der Waals surface area contributed by atoms with Crippen LogP contribution in [0.2, 0.25) is 0 Å². The highest BCUT2D eigenvalue weighted by Crippen LogP contribution is 2.49. The molecule has 0 radical (unpaired) electrons. The van der Waals surface area contributed by atoms with Crippen molar-refractivity contribution in [2.75, 3.05) is 16.5 Å². The summed E-state index contributed by atoms with van der Waals surface area (Å²) in [6.45, 7) is 21.4. The van der Waals surface area contributed by atoms with E-state index in [-0.39, 0.29) is 5.41 Å². The Balaban J connectivity index is 0.995. The van der Waals surface area contributed by atoms with Gasteiger partial charge in [-0.3, -0.25) is 4.57 Å². The number of rotatable bonds is 8. The lowest BCUT2D eigenvalue weighted by Gasteiger charge is -2.25. The zero-order chi connectivity index (χ0) is 50.1. The number of anilines is 4. The second-order valence-electron chi connectivity index (χ2n) is 20.1. The second kappa shape index (κ2) is 17.7. The number of nitriles is 1. The highest BCUT2D eigenvalue weighted by atomic mass is 32.1. The number of thiophene rings is 1. The monoisotopic (exact) mass is 962 g/mol. The Morgan fingerprint density at radius 2 is 1.27 bits per heavy atom. The number of fused-ring (bicyclic) bond motifs is 6. The molecule has 0 bridgehead atoms. The summed E-state index contributed by atoms with van der Waals surface area (Å²) >= 11 is 1.82. The van der Waals surface area contributed by atoms with Gasteiger partial charge in [-0.05, 0) is 161 Å². The maximum atomic E-state index is 9.61. The summed E-state index contributed by atoms with van der Waals surface area (Å²) in [5.74, 6) is 2.34. The van der Waals surface area contributed by atoms with Gasteiger partial charge in [0.25, 0.3) is 0 Å². The number of para-hydroxylation sites is 2. The predicted molar refractivity (Wildman–Crippen MR) is 303 cm³/mol. The summed E-state index contributed by atoms with van der Waals surface area (Å²) in [5.41, 5.74) is 18.7. The van der Waals surface area contributed by atoms with E-state index >= 15 is 0 Å². The number of pyridine rings is 1. The summed E-state index contributed by atoms with van der Waals surface area (Å²) in [6, 6.07) is 63.7. The van der Waals surface area contributed by atoms with Crippen molar-refractivity contribution in [2.45, 2.75) is 47.0 Å². The first-order chi connectivity index (χ1) is 35.4. The van der Waals surface area contributed by atoms with Crippen molar-refractivity contribution in [3.05, 3.63) is 221 Å². The normalized spacial score (nSPS) is 12.4. The molecule has 0 unspecified atom stereocenters. The van der Waals surface area contributed by atoms with Crippen LogP contribution < -0.4 is 14.5 Å². The number of benzene rings is 8. The molecule has 3 aromatic heterocycles. The SMILES string of the molecule is [C-]#[N+]c1ccc(-c2cc(-c3ccc(C#N)cc3)cc(N3CN(c4cc(Oc5ccc6c7sc8ccccc8c7n(-c7cc(C(C)(C)C)ccn7)c6c5)cc(-c5c(C)cc(C)cc5C)c4)c4ccccc43)c2)cc1. The van der Waals surface area contributed by atoms with E-state index in [1.165, 1.54) is 42.6 Å². The highest BCUT2D eigenvalue weighted by molar-refractivity contribution is 7.26. The minimum atomic E-state index is -0.0549. The maximum Gasteiger partial charge on any atom is 0.187 e. The van der Waals surface area contributed by atoms with Crippen LogP contribution in [0, 0.1) is 38.7 Å². The number of hydrogen-bond donors (Lipinski definition) is 0. The van der Waals surface area contributed by atoms with Crippen LogP contribution in [0.25, 0.3) is 75.2 Å². The van der Waals surface area contributed by atoms with Crippen molar-refractivity contribution in [3.63, 3.8) is 0 Å². The zero-order valence-corrected chi connectivity index (χ0v) is 42.3. The van der Waals surface area contributed by atoms with Crippen molar-refractivity contribution in [2.24, 2.45) is 0 Å². The molecule has 0 amide bonds. The van der Waals surface area contributed by atoms with Gasteiger partial charge in [0, 0.05) is 45.2 Å². The fourth-order valence-electron chi connectivity index (χ4n) is 10.7. The Morgan fingerprint density at radius 3 is 1.95 bits per heavy atom. The molecule has 11 aromatic rings. The summed E-state index contributed by atoms with van der Waals surface area (Å²) < 4.78 is 11.9. The quantitative estimate of drug-likeness (QED) is 0.142. The molecule has 0 spiro atoms. The third-order valence-electron chi connectivity index (χ3n) is 14.1. The van der Waals surface area contributed by atoms with Crippen LogP contribution in [0.4, 0.5) is 28.4 Å². The maximum absolute atomic E-state index is 9.61. The Bertz CT molecular complexity index is 3990. The molecule has 352 valence electrons. The van der Waals surface area contributed by atoms with Gasteiger partial charge in [-0.25, -0.2) is 9.83 Å².